The van der Waals surface area contributed by atoms with Crippen LogP contribution in [0.2, 0.25) is 5.02 Å². The number of ketones is 1. The second kappa shape index (κ2) is 9.20. The Morgan fingerprint density at radius 3 is 2.52 bits per heavy atom. The third kappa shape index (κ3) is 5.21. The minimum absolute atomic E-state index is 0.188. The molecule has 0 amide bonds. The van der Waals surface area contributed by atoms with Crippen molar-refractivity contribution in [2.75, 3.05) is 5.32 Å². The first-order valence-corrected chi connectivity index (χ1v) is 10.1. The molecule has 3 rings (SSSR count). The predicted octanol–water partition coefficient (Wildman–Crippen LogP) is 5.94. The lowest BCUT2D eigenvalue weighted by Gasteiger charge is -2.11. The second-order valence-corrected chi connectivity index (χ2v) is 7.62. The number of nitrogens with zero attached hydrogens (tertiary/aromatic N) is 2. The quantitative estimate of drug-likeness (QED) is 0.435. The zero-order valence-corrected chi connectivity index (χ0v) is 17.4. The molecule has 1 N–H and O–H groups in total. The third-order valence-electron chi connectivity index (χ3n) is 4.29. The van der Waals surface area contributed by atoms with Crippen molar-refractivity contribution in [3.05, 3.63) is 81.0 Å². The van der Waals surface area contributed by atoms with Crippen molar-refractivity contribution in [2.45, 2.75) is 32.9 Å². The van der Waals surface area contributed by atoms with Crippen LogP contribution in [0.15, 0.2) is 59.2 Å². The summed E-state index contributed by atoms with van der Waals surface area (Å²) in [7, 11) is 0. The number of carbonyl (C=O) groups is 1. The van der Waals surface area contributed by atoms with Crippen molar-refractivity contribution in [3.8, 4) is 0 Å². The lowest BCUT2D eigenvalue weighted by molar-refractivity contribution is 0.0982. The zero-order chi connectivity index (χ0) is 19.2. The van der Waals surface area contributed by atoms with Gasteiger partial charge in [-0.25, -0.2) is 0 Å². The molecule has 6 heteroatoms. The van der Waals surface area contributed by atoms with Gasteiger partial charge < -0.3 is 5.32 Å². The van der Waals surface area contributed by atoms with E-state index in [4.69, 9.17) is 11.6 Å². The molecule has 1 aromatic heterocycles. The van der Waals surface area contributed by atoms with Crippen LogP contribution < -0.4 is 5.32 Å². The van der Waals surface area contributed by atoms with Crippen LogP contribution in [-0.4, -0.2) is 15.6 Å². The summed E-state index contributed by atoms with van der Waals surface area (Å²) in [5.74, 6) is 0.188. The molecular formula is C21H21BrClN3O. The molecule has 0 saturated carbocycles. The molecule has 0 atom stereocenters. The van der Waals surface area contributed by atoms with Gasteiger partial charge in [-0.3, -0.25) is 9.48 Å². The minimum atomic E-state index is 0.188. The molecule has 0 aliphatic carbocycles. The number of benzene rings is 2. The Hall–Kier alpha value is -2.11. The Morgan fingerprint density at radius 2 is 1.85 bits per heavy atom. The van der Waals surface area contributed by atoms with Crippen LogP contribution in [0.5, 0.6) is 0 Å². The standard InChI is InChI=1S/C21H21BrClN3O/c1-2-3-21(27)16-6-10-18(11-7-16)24-13-20-19(22)12-25-26(20)14-15-4-8-17(23)9-5-15/h4-12,24H,2-3,13-14H2,1H3. The molecule has 0 saturated heterocycles. The Labute approximate surface area is 172 Å². The van der Waals surface area contributed by atoms with E-state index in [-0.39, 0.29) is 5.78 Å². The van der Waals surface area contributed by atoms with Gasteiger partial charge >= 0.3 is 0 Å². The van der Waals surface area contributed by atoms with E-state index in [0.717, 1.165) is 38.4 Å². The highest BCUT2D eigenvalue weighted by Crippen LogP contribution is 2.20. The molecule has 0 fully saturated rings. The Balaban J connectivity index is 1.66. The summed E-state index contributed by atoms with van der Waals surface area (Å²) in [6, 6.07) is 15.4. The van der Waals surface area contributed by atoms with Crippen LogP contribution in [-0.2, 0) is 13.1 Å². The number of hydrogen-bond donors (Lipinski definition) is 1. The highest BCUT2D eigenvalue weighted by atomic mass is 79.9. The van der Waals surface area contributed by atoms with Gasteiger partial charge in [0.1, 0.15) is 0 Å². The molecule has 0 aliphatic rings. The summed E-state index contributed by atoms with van der Waals surface area (Å²) in [6.07, 6.45) is 3.26. The maximum atomic E-state index is 11.9. The summed E-state index contributed by atoms with van der Waals surface area (Å²) in [5.41, 5.74) is 3.91. The van der Waals surface area contributed by atoms with Crippen LogP contribution in [0.1, 0.15) is 41.4 Å². The highest BCUT2D eigenvalue weighted by molar-refractivity contribution is 9.10. The molecule has 140 valence electrons. The van der Waals surface area contributed by atoms with E-state index in [9.17, 15) is 4.79 Å². The van der Waals surface area contributed by atoms with Gasteiger partial charge in [0.2, 0.25) is 0 Å². The summed E-state index contributed by atoms with van der Waals surface area (Å²) >= 11 is 9.53. The van der Waals surface area contributed by atoms with Gasteiger partial charge in [-0.2, -0.15) is 5.10 Å². The van der Waals surface area contributed by atoms with Crippen LogP contribution in [0, 0.1) is 0 Å². The molecule has 0 spiro atoms. The van der Waals surface area contributed by atoms with E-state index in [0.29, 0.717) is 19.5 Å². The summed E-state index contributed by atoms with van der Waals surface area (Å²) in [4.78, 5) is 11.9. The molecule has 3 aromatic rings. The van der Waals surface area contributed by atoms with Gasteiger partial charge in [0.25, 0.3) is 0 Å². The van der Waals surface area contributed by atoms with Crippen LogP contribution in [0.3, 0.4) is 0 Å². The number of nitrogens with one attached hydrogen (secondary N) is 1. The molecular weight excluding hydrogens is 426 g/mol. The van der Waals surface area contributed by atoms with Crippen LogP contribution >= 0.6 is 27.5 Å². The first-order valence-electron chi connectivity index (χ1n) is 8.88. The Morgan fingerprint density at radius 1 is 1.15 bits per heavy atom. The fraction of sp³-hybridized carbons (Fsp3) is 0.238. The molecule has 2 aromatic carbocycles. The number of carbonyl (C=O) groups excluding carboxylic acids is 1. The van der Waals surface area contributed by atoms with E-state index < -0.39 is 0 Å². The average Bonchev–Trinajstić information content (AvgIpc) is 3.02. The van der Waals surface area contributed by atoms with Crippen molar-refractivity contribution in [1.82, 2.24) is 9.78 Å². The summed E-state index contributed by atoms with van der Waals surface area (Å²) in [6.45, 7) is 3.31. The van der Waals surface area contributed by atoms with Crippen molar-refractivity contribution in [2.24, 2.45) is 0 Å². The normalized spacial score (nSPS) is 10.8. The van der Waals surface area contributed by atoms with Crippen LogP contribution in [0.4, 0.5) is 5.69 Å². The first-order chi connectivity index (χ1) is 13.1. The van der Waals surface area contributed by atoms with Gasteiger partial charge in [-0.15, -0.1) is 0 Å². The van der Waals surface area contributed by atoms with Crippen molar-refractivity contribution in [3.63, 3.8) is 0 Å². The molecule has 4 nitrogen and oxygen atoms in total. The Kier molecular flexibility index (Phi) is 6.69. The van der Waals surface area contributed by atoms with E-state index in [1.165, 1.54) is 0 Å². The van der Waals surface area contributed by atoms with Crippen molar-refractivity contribution >= 4 is 39.0 Å². The monoisotopic (exact) mass is 445 g/mol. The van der Waals surface area contributed by atoms with Gasteiger partial charge in [0, 0.05) is 22.7 Å². The fourth-order valence-corrected chi connectivity index (χ4v) is 3.36. The predicted molar refractivity (Wildman–Crippen MR) is 113 cm³/mol. The number of hydrogen-bond acceptors (Lipinski definition) is 3. The zero-order valence-electron chi connectivity index (χ0n) is 15.1. The molecule has 27 heavy (non-hydrogen) atoms. The van der Waals surface area contributed by atoms with Gasteiger partial charge in [0.05, 0.1) is 29.5 Å². The van der Waals surface area contributed by atoms with E-state index in [1.54, 1.807) is 6.20 Å². The minimum Gasteiger partial charge on any atom is -0.379 e. The SMILES string of the molecule is CCCC(=O)c1ccc(NCc2c(Br)cnn2Cc2ccc(Cl)cc2)cc1. The largest absolute Gasteiger partial charge is 0.379 e. The molecule has 0 unspecified atom stereocenters. The average molecular weight is 447 g/mol. The maximum Gasteiger partial charge on any atom is 0.162 e. The number of Topliss-reactive ketones (excluding diaryl/α,β-unsaturated/α-hetero) is 1. The fourth-order valence-electron chi connectivity index (χ4n) is 2.79. The number of halogens is 2. The summed E-state index contributed by atoms with van der Waals surface area (Å²) < 4.78 is 2.91. The molecule has 0 aliphatic heterocycles. The van der Waals surface area contributed by atoms with Gasteiger partial charge in [-0.05, 0) is 64.3 Å². The Bertz CT molecular complexity index is 904. The lowest BCUT2D eigenvalue weighted by Crippen LogP contribution is -2.10. The number of anilines is 1. The van der Waals surface area contributed by atoms with E-state index in [2.05, 4.69) is 26.3 Å². The van der Waals surface area contributed by atoms with Gasteiger partial charge in [0.15, 0.2) is 5.78 Å². The smallest absolute Gasteiger partial charge is 0.162 e. The summed E-state index contributed by atoms with van der Waals surface area (Å²) in [5, 5.41) is 8.58. The van der Waals surface area contributed by atoms with Crippen molar-refractivity contribution < 1.29 is 4.79 Å². The topological polar surface area (TPSA) is 46.9 Å². The second-order valence-electron chi connectivity index (χ2n) is 6.33. The van der Waals surface area contributed by atoms with E-state index >= 15 is 0 Å². The number of aromatic nitrogens is 2. The van der Waals surface area contributed by atoms with E-state index in [1.807, 2.05) is 60.1 Å². The first kappa shape index (κ1) is 19.6. The molecule has 1 heterocycles. The van der Waals surface area contributed by atoms with Crippen LogP contribution in [0.25, 0.3) is 0 Å². The third-order valence-corrected chi connectivity index (χ3v) is 5.20. The van der Waals surface area contributed by atoms with Gasteiger partial charge in [-0.1, -0.05) is 30.7 Å². The molecule has 0 bridgehead atoms. The van der Waals surface area contributed by atoms with Crippen molar-refractivity contribution in [1.29, 1.82) is 0 Å². The number of rotatable bonds is 8. The highest BCUT2D eigenvalue weighted by Gasteiger charge is 2.10. The lowest BCUT2D eigenvalue weighted by atomic mass is 10.1. The maximum absolute atomic E-state index is 11.9. The molecule has 0 radical (unpaired) electrons.